The number of hydrogen-bond acceptors (Lipinski definition) is 4. The normalized spacial score (nSPS) is 11.5. The molecular formula is C16H20ClN4O2S+. The average molecular weight is 368 g/mol. The summed E-state index contributed by atoms with van der Waals surface area (Å²) in [7, 11) is 4.13. The van der Waals surface area contributed by atoms with Crippen LogP contribution in [-0.2, 0) is 0 Å². The summed E-state index contributed by atoms with van der Waals surface area (Å²) in [6.45, 7) is 1.55. The maximum atomic E-state index is 12.1. The van der Waals surface area contributed by atoms with Crippen LogP contribution >= 0.6 is 23.8 Å². The molecule has 1 aromatic heterocycles. The Morgan fingerprint density at radius 1 is 1.42 bits per heavy atom. The zero-order valence-electron chi connectivity index (χ0n) is 13.5. The summed E-state index contributed by atoms with van der Waals surface area (Å²) < 4.78 is 1.39. The highest BCUT2D eigenvalue weighted by atomic mass is 35.5. The Morgan fingerprint density at radius 3 is 2.79 bits per heavy atom. The van der Waals surface area contributed by atoms with Gasteiger partial charge in [-0.15, -0.1) is 0 Å². The summed E-state index contributed by atoms with van der Waals surface area (Å²) in [5.74, 6) is -0.279. The molecule has 0 radical (unpaired) electrons. The van der Waals surface area contributed by atoms with Gasteiger partial charge in [-0.25, -0.2) is 0 Å². The highest BCUT2D eigenvalue weighted by Crippen LogP contribution is 2.24. The third-order valence-corrected chi connectivity index (χ3v) is 4.00. The predicted octanol–water partition coefficient (Wildman–Crippen LogP) is 1.21. The van der Waals surface area contributed by atoms with Gasteiger partial charge in [0.25, 0.3) is 5.56 Å². The Labute approximate surface area is 150 Å². The molecule has 24 heavy (non-hydrogen) atoms. The van der Waals surface area contributed by atoms with Gasteiger partial charge in [-0.3, -0.25) is 19.3 Å². The summed E-state index contributed by atoms with van der Waals surface area (Å²) >= 11 is 11.3. The molecule has 6 nitrogen and oxygen atoms in total. The van der Waals surface area contributed by atoms with Crippen molar-refractivity contribution in [2.24, 2.45) is 4.99 Å². The first-order chi connectivity index (χ1) is 11.4. The number of aromatic amines is 1. The summed E-state index contributed by atoms with van der Waals surface area (Å²) in [6.07, 6.45) is 2.27. The first-order valence-electron chi connectivity index (χ1n) is 7.54. The van der Waals surface area contributed by atoms with Gasteiger partial charge in [0.05, 0.1) is 31.4 Å². The molecule has 0 saturated carbocycles. The van der Waals surface area contributed by atoms with E-state index in [0.717, 1.165) is 13.0 Å². The molecule has 8 heteroatoms. The molecule has 0 aliphatic heterocycles. The second-order valence-electron chi connectivity index (χ2n) is 5.63. The van der Waals surface area contributed by atoms with Crippen molar-refractivity contribution in [3.05, 3.63) is 50.0 Å². The molecule has 0 bridgehead atoms. The lowest BCUT2D eigenvalue weighted by atomic mass is 10.3. The Kier molecular flexibility index (Phi) is 6.30. The molecule has 1 aromatic carbocycles. The maximum Gasteiger partial charge on any atom is 0.264 e. The van der Waals surface area contributed by atoms with E-state index in [-0.39, 0.29) is 16.2 Å². The van der Waals surface area contributed by atoms with E-state index in [4.69, 9.17) is 23.8 Å². The molecule has 0 amide bonds. The van der Waals surface area contributed by atoms with E-state index in [1.54, 1.807) is 24.3 Å². The fourth-order valence-corrected chi connectivity index (χ4v) is 2.69. The lowest BCUT2D eigenvalue weighted by molar-refractivity contribution is -0.858. The van der Waals surface area contributed by atoms with Crippen molar-refractivity contribution in [2.75, 3.05) is 27.2 Å². The topological polar surface area (TPSA) is 74.8 Å². The molecule has 0 spiro atoms. The summed E-state index contributed by atoms with van der Waals surface area (Å²) in [4.78, 5) is 20.2. The van der Waals surface area contributed by atoms with Crippen LogP contribution in [0.2, 0.25) is 5.02 Å². The zero-order chi connectivity index (χ0) is 17.7. The molecular weight excluding hydrogens is 348 g/mol. The number of rotatable bonds is 6. The minimum atomic E-state index is -0.484. The van der Waals surface area contributed by atoms with Crippen LogP contribution < -0.4 is 10.5 Å². The molecule has 0 aliphatic rings. The van der Waals surface area contributed by atoms with Crippen LogP contribution in [0.15, 0.2) is 34.1 Å². The van der Waals surface area contributed by atoms with Crippen LogP contribution in [0.5, 0.6) is 5.88 Å². The lowest BCUT2D eigenvalue weighted by Crippen LogP contribution is -3.05. The van der Waals surface area contributed by atoms with E-state index >= 15 is 0 Å². The highest BCUT2D eigenvalue weighted by molar-refractivity contribution is 7.71. The number of aromatic hydroxyl groups is 1. The van der Waals surface area contributed by atoms with Gasteiger partial charge in [-0.05, 0) is 24.4 Å². The number of aromatic nitrogens is 2. The molecule has 0 aliphatic carbocycles. The van der Waals surface area contributed by atoms with Crippen LogP contribution in [-0.4, -0.2) is 48.1 Å². The van der Waals surface area contributed by atoms with Crippen molar-refractivity contribution < 1.29 is 10.0 Å². The first kappa shape index (κ1) is 18.4. The van der Waals surface area contributed by atoms with Gasteiger partial charge >= 0.3 is 0 Å². The average Bonchev–Trinajstić information content (AvgIpc) is 2.51. The zero-order valence-corrected chi connectivity index (χ0v) is 15.1. The number of aliphatic imine (C=N–C) groups is 1. The van der Waals surface area contributed by atoms with E-state index in [2.05, 4.69) is 24.1 Å². The monoisotopic (exact) mass is 367 g/mol. The van der Waals surface area contributed by atoms with Crippen molar-refractivity contribution in [1.29, 1.82) is 0 Å². The fourth-order valence-electron chi connectivity index (χ4n) is 2.19. The summed E-state index contributed by atoms with van der Waals surface area (Å²) in [5.41, 5.74) is 0.0623. The number of halogens is 1. The Bertz CT molecular complexity index is 858. The van der Waals surface area contributed by atoms with E-state index in [9.17, 15) is 9.90 Å². The van der Waals surface area contributed by atoms with Gasteiger partial charge in [-0.1, -0.05) is 23.7 Å². The minimum Gasteiger partial charge on any atom is -0.494 e. The van der Waals surface area contributed by atoms with Crippen LogP contribution in [0.4, 0.5) is 0 Å². The molecule has 2 aromatic rings. The SMILES string of the molecule is C[NH+](C)CCCN=Cc1c(O)n(-c2ccccc2Cl)c(=S)[nH]c1=O. The Hall–Kier alpha value is -1.96. The van der Waals surface area contributed by atoms with E-state index in [1.807, 2.05) is 0 Å². The number of nitrogens with zero attached hydrogens (tertiary/aromatic N) is 2. The number of H-pyrrole nitrogens is 1. The Morgan fingerprint density at radius 2 is 2.12 bits per heavy atom. The van der Waals surface area contributed by atoms with Crippen LogP contribution in [0.25, 0.3) is 5.69 Å². The Balaban J connectivity index is 2.39. The molecule has 0 unspecified atom stereocenters. The van der Waals surface area contributed by atoms with Crippen molar-refractivity contribution >= 4 is 30.0 Å². The van der Waals surface area contributed by atoms with Crippen molar-refractivity contribution in [3.63, 3.8) is 0 Å². The molecule has 1 heterocycles. The third-order valence-electron chi connectivity index (χ3n) is 3.40. The quantitative estimate of drug-likeness (QED) is 0.408. The molecule has 0 fully saturated rings. The van der Waals surface area contributed by atoms with Gasteiger partial charge in [0, 0.05) is 19.2 Å². The maximum absolute atomic E-state index is 12.1. The molecule has 128 valence electrons. The van der Waals surface area contributed by atoms with E-state index in [1.165, 1.54) is 15.7 Å². The number of nitrogens with one attached hydrogen (secondary N) is 2. The highest BCUT2D eigenvalue weighted by Gasteiger charge is 2.14. The predicted molar refractivity (Wildman–Crippen MR) is 98.7 cm³/mol. The van der Waals surface area contributed by atoms with Crippen LogP contribution in [0.3, 0.4) is 0 Å². The number of benzene rings is 1. The summed E-state index contributed by atoms with van der Waals surface area (Å²) in [5, 5.41) is 10.9. The van der Waals surface area contributed by atoms with Crippen molar-refractivity contribution in [3.8, 4) is 11.6 Å². The second kappa shape index (κ2) is 8.23. The van der Waals surface area contributed by atoms with Gasteiger partial charge in [0.15, 0.2) is 4.77 Å². The third kappa shape index (κ3) is 4.31. The standard InChI is InChI=1S/C16H19ClN4O2S/c1-20(2)9-5-8-18-10-11-14(22)19-16(24)21(15(11)23)13-7-4-3-6-12(13)17/h3-4,6-7,10,23H,5,8-9H2,1-2H3,(H,19,22,24)/p+1. The fraction of sp³-hybridized carbons (Fsp3) is 0.312. The van der Waals surface area contributed by atoms with Gasteiger partial charge in [0.1, 0.15) is 5.56 Å². The molecule has 3 N–H and O–H groups in total. The van der Waals surface area contributed by atoms with E-state index < -0.39 is 5.56 Å². The van der Waals surface area contributed by atoms with Gasteiger partial charge < -0.3 is 10.0 Å². The largest absolute Gasteiger partial charge is 0.494 e. The van der Waals surface area contributed by atoms with Gasteiger partial charge in [0.2, 0.25) is 5.88 Å². The molecule has 0 atom stereocenters. The van der Waals surface area contributed by atoms with E-state index in [0.29, 0.717) is 17.3 Å². The van der Waals surface area contributed by atoms with Crippen molar-refractivity contribution in [2.45, 2.75) is 6.42 Å². The smallest absolute Gasteiger partial charge is 0.264 e. The lowest BCUT2D eigenvalue weighted by Gasteiger charge is -2.12. The van der Waals surface area contributed by atoms with Crippen LogP contribution in [0, 0.1) is 4.77 Å². The van der Waals surface area contributed by atoms with Crippen molar-refractivity contribution in [1.82, 2.24) is 9.55 Å². The van der Waals surface area contributed by atoms with Gasteiger partial charge in [-0.2, -0.15) is 0 Å². The number of quaternary nitrogens is 1. The molecule has 0 saturated heterocycles. The number of hydrogen-bond donors (Lipinski definition) is 3. The summed E-state index contributed by atoms with van der Waals surface area (Å²) in [6, 6.07) is 6.93. The number of para-hydroxylation sites is 1. The minimum absolute atomic E-state index is 0.0562. The molecule has 2 rings (SSSR count). The first-order valence-corrected chi connectivity index (χ1v) is 8.32. The van der Waals surface area contributed by atoms with Crippen LogP contribution in [0.1, 0.15) is 12.0 Å². The second-order valence-corrected chi connectivity index (χ2v) is 6.42.